The zero-order valence-corrected chi connectivity index (χ0v) is 12.3. The van der Waals surface area contributed by atoms with Gasteiger partial charge in [0.25, 0.3) is 5.56 Å². The largest absolute Gasteiger partial charge is 0.294 e. The molecule has 0 radical (unpaired) electrons. The van der Waals surface area contributed by atoms with Crippen LogP contribution in [0.1, 0.15) is 50.8 Å². The van der Waals surface area contributed by atoms with E-state index in [2.05, 4.69) is 38.0 Å². The van der Waals surface area contributed by atoms with Gasteiger partial charge in [-0.3, -0.25) is 9.89 Å². The lowest BCUT2D eigenvalue weighted by Gasteiger charge is -2.08. The van der Waals surface area contributed by atoms with Gasteiger partial charge in [-0.2, -0.15) is 0 Å². The predicted molar refractivity (Wildman–Crippen MR) is 79.7 cm³/mol. The topological polar surface area (TPSA) is 37.8 Å². The maximum atomic E-state index is 12.5. The van der Waals surface area contributed by atoms with Gasteiger partial charge in [0.2, 0.25) is 0 Å². The predicted octanol–water partition coefficient (Wildman–Crippen LogP) is 3.86. The van der Waals surface area contributed by atoms with Crippen molar-refractivity contribution in [2.75, 3.05) is 0 Å². The summed E-state index contributed by atoms with van der Waals surface area (Å²) in [6.07, 6.45) is 0. The van der Waals surface area contributed by atoms with Crippen LogP contribution < -0.4 is 5.56 Å². The fourth-order valence-corrected chi connectivity index (χ4v) is 2.43. The fraction of sp³-hybridized carbons (Fsp3) is 0.438. The van der Waals surface area contributed by atoms with Crippen molar-refractivity contribution in [3.63, 3.8) is 0 Å². The Hall–Kier alpha value is -1.77. The second kappa shape index (κ2) is 5.08. The molecule has 0 aliphatic carbocycles. The number of rotatable bonds is 3. The van der Waals surface area contributed by atoms with E-state index in [1.54, 1.807) is 4.68 Å². The molecule has 19 heavy (non-hydrogen) atoms. The molecule has 0 fully saturated rings. The summed E-state index contributed by atoms with van der Waals surface area (Å²) in [6, 6.07) is 8.31. The average molecular weight is 258 g/mol. The smallest absolute Gasteiger partial charge is 0.270 e. The van der Waals surface area contributed by atoms with Crippen LogP contribution in [-0.4, -0.2) is 9.78 Å². The Kier molecular flexibility index (Phi) is 3.65. The Morgan fingerprint density at radius 3 is 2.26 bits per heavy atom. The summed E-state index contributed by atoms with van der Waals surface area (Å²) in [5.74, 6) is 0.207. The molecule has 0 spiro atoms. The minimum Gasteiger partial charge on any atom is -0.294 e. The van der Waals surface area contributed by atoms with Crippen molar-refractivity contribution in [3.8, 4) is 11.3 Å². The maximum absolute atomic E-state index is 12.5. The first-order valence-corrected chi connectivity index (χ1v) is 6.83. The third-order valence-corrected chi connectivity index (χ3v) is 3.46. The molecule has 3 nitrogen and oxygen atoms in total. The number of hydrogen-bond acceptors (Lipinski definition) is 1. The summed E-state index contributed by atoms with van der Waals surface area (Å²) in [5, 5.41) is 3.29. The van der Waals surface area contributed by atoms with Crippen LogP contribution in [0.5, 0.6) is 0 Å². The van der Waals surface area contributed by atoms with Gasteiger partial charge in [-0.05, 0) is 32.3 Å². The van der Waals surface area contributed by atoms with Gasteiger partial charge >= 0.3 is 0 Å². The first-order chi connectivity index (χ1) is 8.93. The molecule has 2 aromatic rings. The number of nitrogens with one attached hydrogen (secondary N) is 1. The van der Waals surface area contributed by atoms with Gasteiger partial charge in [0, 0.05) is 17.2 Å². The van der Waals surface area contributed by atoms with Crippen LogP contribution in [0.2, 0.25) is 0 Å². The van der Waals surface area contributed by atoms with Gasteiger partial charge in [0.15, 0.2) is 0 Å². The third kappa shape index (κ3) is 2.37. The highest BCUT2D eigenvalue weighted by molar-refractivity contribution is 5.67. The molecule has 0 aliphatic heterocycles. The Morgan fingerprint density at radius 1 is 1.11 bits per heavy atom. The van der Waals surface area contributed by atoms with Crippen molar-refractivity contribution in [3.05, 3.63) is 45.7 Å². The minimum atomic E-state index is 0.100. The van der Waals surface area contributed by atoms with Crippen LogP contribution in [0.4, 0.5) is 0 Å². The normalized spacial score (nSPS) is 11.5. The number of H-pyrrole nitrogens is 1. The van der Waals surface area contributed by atoms with E-state index < -0.39 is 0 Å². The molecule has 0 atom stereocenters. The van der Waals surface area contributed by atoms with Crippen molar-refractivity contribution in [2.45, 2.75) is 46.6 Å². The number of hydrogen-bond donors (Lipinski definition) is 1. The highest BCUT2D eigenvalue weighted by Crippen LogP contribution is 2.28. The average Bonchev–Trinajstić information content (AvgIpc) is 2.67. The summed E-state index contributed by atoms with van der Waals surface area (Å²) < 4.78 is 1.72. The third-order valence-electron chi connectivity index (χ3n) is 3.46. The minimum absolute atomic E-state index is 0.100. The zero-order chi connectivity index (χ0) is 14.2. The summed E-state index contributed by atoms with van der Waals surface area (Å²) in [6.45, 7) is 10.2. The number of aromatic nitrogens is 2. The molecule has 0 saturated carbocycles. The first-order valence-electron chi connectivity index (χ1n) is 6.83. The van der Waals surface area contributed by atoms with E-state index in [1.165, 1.54) is 5.56 Å². The second-order valence-electron chi connectivity index (χ2n) is 5.64. The monoisotopic (exact) mass is 258 g/mol. The number of aryl methyl sites for hydroxylation is 1. The maximum Gasteiger partial charge on any atom is 0.270 e. The molecule has 0 amide bonds. The van der Waals surface area contributed by atoms with Gasteiger partial charge in [0.1, 0.15) is 0 Å². The lowest BCUT2D eigenvalue weighted by atomic mass is 9.97. The second-order valence-corrected chi connectivity index (χ2v) is 5.64. The van der Waals surface area contributed by atoms with Crippen LogP contribution >= 0.6 is 0 Å². The standard InChI is InChI=1S/C16H22N2O/c1-10(2)14-15(13-9-7-6-8-12(13)5)17-18(11(3)4)16(14)19/h6-11,17H,1-5H3. The molecule has 0 unspecified atom stereocenters. The van der Waals surface area contributed by atoms with E-state index in [0.29, 0.717) is 0 Å². The Morgan fingerprint density at radius 2 is 1.74 bits per heavy atom. The molecule has 102 valence electrons. The molecule has 1 aromatic carbocycles. The Bertz CT molecular complexity index is 632. The van der Waals surface area contributed by atoms with Crippen LogP contribution in [0.25, 0.3) is 11.3 Å². The van der Waals surface area contributed by atoms with Gasteiger partial charge in [-0.1, -0.05) is 38.1 Å². The van der Waals surface area contributed by atoms with Crippen molar-refractivity contribution >= 4 is 0 Å². The van der Waals surface area contributed by atoms with Crippen molar-refractivity contribution in [2.24, 2.45) is 0 Å². The van der Waals surface area contributed by atoms with Gasteiger partial charge in [0.05, 0.1) is 5.69 Å². The molecule has 0 aliphatic rings. The molecule has 0 saturated heterocycles. The molecular weight excluding hydrogens is 236 g/mol. The van der Waals surface area contributed by atoms with E-state index in [1.807, 2.05) is 26.0 Å². The molecular formula is C16H22N2O. The molecule has 1 aromatic heterocycles. The lowest BCUT2D eigenvalue weighted by Crippen LogP contribution is -2.21. The highest BCUT2D eigenvalue weighted by Gasteiger charge is 2.20. The quantitative estimate of drug-likeness (QED) is 0.892. The summed E-state index contributed by atoms with van der Waals surface area (Å²) in [7, 11) is 0. The highest BCUT2D eigenvalue weighted by atomic mass is 16.1. The zero-order valence-electron chi connectivity index (χ0n) is 12.3. The molecule has 3 heteroatoms. The van der Waals surface area contributed by atoms with Gasteiger partial charge in [-0.25, -0.2) is 4.68 Å². The molecule has 1 N–H and O–H groups in total. The number of aromatic amines is 1. The van der Waals surface area contributed by atoms with Crippen LogP contribution in [0.15, 0.2) is 29.1 Å². The summed E-state index contributed by atoms with van der Waals surface area (Å²) >= 11 is 0. The molecule has 2 rings (SSSR count). The first kappa shape index (κ1) is 13.7. The van der Waals surface area contributed by atoms with Crippen LogP contribution in [0, 0.1) is 6.92 Å². The van der Waals surface area contributed by atoms with Gasteiger partial charge in [-0.15, -0.1) is 0 Å². The number of benzene rings is 1. The van der Waals surface area contributed by atoms with Crippen molar-refractivity contribution < 1.29 is 0 Å². The van der Waals surface area contributed by atoms with Crippen LogP contribution in [0.3, 0.4) is 0 Å². The van der Waals surface area contributed by atoms with E-state index in [4.69, 9.17) is 0 Å². The summed E-state index contributed by atoms with van der Waals surface area (Å²) in [4.78, 5) is 12.5. The van der Waals surface area contributed by atoms with E-state index in [9.17, 15) is 4.79 Å². The van der Waals surface area contributed by atoms with E-state index >= 15 is 0 Å². The van der Waals surface area contributed by atoms with Crippen molar-refractivity contribution in [1.82, 2.24) is 9.78 Å². The SMILES string of the molecule is Cc1ccccc1-c1[nH]n(C(C)C)c(=O)c1C(C)C. The van der Waals surface area contributed by atoms with Crippen molar-refractivity contribution in [1.29, 1.82) is 0 Å². The molecule has 0 bridgehead atoms. The Balaban J connectivity index is 2.74. The van der Waals surface area contributed by atoms with Crippen LogP contribution in [-0.2, 0) is 0 Å². The fourth-order valence-electron chi connectivity index (χ4n) is 2.43. The van der Waals surface area contributed by atoms with E-state index in [0.717, 1.165) is 16.8 Å². The molecule has 1 heterocycles. The Labute approximate surface area is 114 Å². The van der Waals surface area contributed by atoms with Gasteiger partial charge < -0.3 is 0 Å². The van der Waals surface area contributed by atoms with E-state index in [-0.39, 0.29) is 17.5 Å². The summed E-state index contributed by atoms with van der Waals surface area (Å²) in [5.41, 5.74) is 4.24. The number of nitrogens with zero attached hydrogens (tertiary/aromatic N) is 1. The lowest BCUT2D eigenvalue weighted by molar-refractivity contribution is 0.516.